The molecule has 8 nitrogen and oxygen atoms in total. The number of benzene rings is 3. The highest BCUT2D eigenvalue weighted by Crippen LogP contribution is 2.29. The van der Waals surface area contributed by atoms with Crippen molar-refractivity contribution in [3.05, 3.63) is 83.9 Å². The van der Waals surface area contributed by atoms with Crippen LogP contribution in [0.3, 0.4) is 0 Å². The number of halogens is 1. The zero-order chi connectivity index (χ0) is 28.8. The average molecular weight is 592 g/mol. The quantitative estimate of drug-likeness (QED) is 0.337. The molecule has 2 fully saturated rings. The van der Waals surface area contributed by atoms with Gasteiger partial charge in [0.1, 0.15) is 11.8 Å². The predicted octanol–water partition coefficient (Wildman–Crippen LogP) is 4.89. The second kappa shape index (κ2) is 13.3. The molecule has 5 rings (SSSR count). The molecule has 0 radical (unpaired) electrons. The number of methoxy groups -OCH3 is 1. The zero-order valence-electron chi connectivity index (χ0n) is 23.0. The molecule has 2 aliphatic heterocycles. The number of carbonyl (C=O) groups excluding carboxylic acids is 2. The van der Waals surface area contributed by atoms with Gasteiger partial charge in [0.05, 0.1) is 19.2 Å². The molecular formula is C31H34ClN5O3S. The van der Waals surface area contributed by atoms with Gasteiger partial charge in [0, 0.05) is 49.1 Å². The lowest BCUT2D eigenvalue weighted by Crippen LogP contribution is -2.47. The molecule has 3 aromatic rings. The van der Waals surface area contributed by atoms with Crippen LogP contribution in [0.5, 0.6) is 5.75 Å². The van der Waals surface area contributed by atoms with Crippen LogP contribution in [0.15, 0.2) is 78.9 Å². The highest BCUT2D eigenvalue weighted by Gasteiger charge is 2.44. The second-order valence-corrected chi connectivity index (χ2v) is 10.9. The van der Waals surface area contributed by atoms with Gasteiger partial charge in [-0.1, -0.05) is 35.9 Å². The van der Waals surface area contributed by atoms with Gasteiger partial charge in [0.15, 0.2) is 5.11 Å². The van der Waals surface area contributed by atoms with Gasteiger partial charge in [-0.15, -0.1) is 0 Å². The molecule has 10 heteroatoms. The van der Waals surface area contributed by atoms with E-state index in [-0.39, 0.29) is 18.2 Å². The fraction of sp³-hybridized carbons (Fsp3) is 0.323. The first-order chi connectivity index (χ1) is 19.9. The number of piperazine rings is 1. The van der Waals surface area contributed by atoms with E-state index in [0.29, 0.717) is 33.8 Å². The molecule has 2 aliphatic rings. The molecule has 1 unspecified atom stereocenters. The number of thiocarbonyl (C=S) groups is 1. The highest BCUT2D eigenvalue weighted by atomic mass is 35.5. The molecule has 2 heterocycles. The summed E-state index contributed by atoms with van der Waals surface area (Å²) in [4.78, 5) is 35.0. The van der Waals surface area contributed by atoms with E-state index in [0.717, 1.165) is 39.1 Å². The van der Waals surface area contributed by atoms with E-state index in [1.165, 1.54) is 10.6 Å². The van der Waals surface area contributed by atoms with Crippen molar-refractivity contribution >= 4 is 57.8 Å². The lowest BCUT2D eigenvalue weighted by Gasteiger charge is -2.36. The Morgan fingerprint density at radius 3 is 2.34 bits per heavy atom. The summed E-state index contributed by atoms with van der Waals surface area (Å²) < 4.78 is 5.19. The van der Waals surface area contributed by atoms with Crippen LogP contribution in [0.4, 0.5) is 17.1 Å². The minimum atomic E-state index is -0.699. The summed E-state index contributed by atoms with van der Waals surface area (Å²) in [5.41, 5.74) is 2.49. The van der Waals surface area contributed by atoms with Crippen molar-refractivity contribution in [2.45, 2.75) is 18.9 Å². The Morgan fingerprint density at radius 1 is 0.951 bits per heavy atom. The maximum absolute atomic E-state index is 13.7. The third-order valence-electron chi connectivity index (χ3n) is 7.50. The number of ether oxygens (including phenoxy) is 1. The molecule has 1 atom stereocenters. The number of carbonyl (C=O) groups is 2. The Hall–Kier alpha value is -3.66. The first-order valence-corrected chi connectivity index (χ1v) is 14.6. The molecule has 0 saturated carbocycles. The molecule has 214 valence electrons. The molecule has 0 aromatic heterocycles. The fourth-order valence-electron chi connectivity index (χ4n) is 5.34. The molecule has 2 saturated heterocycles. The van der Waals surface area contributed by atoms with Gasteiger partial charge in [0.2, 0.25) is 5.91 Å². The Kier molecular flexibility index (Phi) is 9.38. The largest absolute Gasteiger partial charge is 0.497 e. The number of amides is 2. The zero-order valence-corrected chi connectivity index (χ0v) is 24.6. The fourth-order valence-corrected chi connectivity index (χ4v) is 5.93. The minimum absolute atomic E-state index is 0.0161. The minimum Gasteiger partial charge on any atom is -0.497 e. The maximum Gasteiger partial charge on any atom is 0.256 e. The maximum atomic E-state index is 13.7. The number of rotatable bonds is 10. The van der Waals surface area contributed by atoms with Gasteiger partial charge in [-0.05, 0) is 79.8 Å². The van der Waals surface area contributed by atoms with Crippen LogP contribution in [0.1, 0.15) is 12.8 Å². The third-order valence-corrected chi connectivity index (χ3v) is 8.16. The molecule has 2 amide bonds. The van der Waals surface area contributed by atoms with Crippen molar-refractivity contribution < 1.29 is 14.3 Å². The summed E-state index contributed by atoms with van der Waals surface area (Å²) in [6, 6.07) is 23.9. The van der Waals surface area contributed by atoms with Crippen LogP contribution in [0.2, 0.25) is 5.02 Å². The standard InChI is InChI=1S/C31H34ClN5O3S/c1-40-27-13-11-24(12-14-27)33-29(38)22-28-30(39)37(26-10-5-7-23(32)21-26)31(41)36(28)16-6-15-34-17-19-35(20-18-34)25-8-3-2-4-9-25/h2-5,7-14,21,28H,6,15-20,22H2,1H3,(H,33,38). The summed E-state index contributed by atoms with van der Waals surface area (Å²) >= 11 is 12.0. The van der Waals surface area contributed by atoms with Gasteiger partial charge in [-0.2, -0.15) is 0 Å². The highest BCUT2D eigenvalue weighted by molar-refractivity contribution is 7.80. The Balaban J connectivity index is 1.23. The Bertz CT molecular complexity index is 1370. The SMILES string of the molecule is COc1ccc(NC(=O)CC2C(=O)N(c3cccc(Cl)c3)C(=S)N2CCCN2CCN(c3ccccc3)CC2)cc1. The average Bonchev–Trinajstić information content (AvgIpc) is 3.22. The van der Waals surface area contributed by atoms with Crippen LogP contribution in [0, 0.1) is 0 Å². The van der Waals surface area contributed by atoms with Crippen molar-refractivity contribution in [2.24, 2.45) is 0 Å². The predicted molar refractivity (Wildman–Crippen MR) is 168 cm³/mol. The molecule has 0 aliphatic carbocycles. The van der Waals surface area contributed by atoms with Gasteiger partial charge >= 0.3 is 0 Å². The monoisotopic (exact) mass is 591 g/mol. The number of hydrogen-bond donors (Lipinski definition) is 1. The van der Waals surface area contributed by atoms with Gasteiger partial charge in [0.25, 0.3) is 5.91 Å². The van der Waals surface area contributed by atoms with Crippen molar-refractivity contribution in [1.29, 1.82) is 0 Å². The third kappa shape index (κ3) is 6.98. The summed E-state index contributed by atoms with van der Waals surface area (Å²) in [5.74, 6) is 0.217. The summed E-state index contributed by atoms with van der Waals surface area (Å²) in [7, 11) is 1.59. The van der Waals surface area contributed by atoms with Crippen LogP contribution in [0.25, 0.3) is 0 Å². The molecule has 1 N–H and O–H groups in total. The van der Waals surface area contributed by atoms with E-state index in [4.69, 9.17) is 28.6 Å². The lowest BCUT2D eigenvalue weighted by atomic mass is 10.1. The topological polar surface area (TPSA) is 68.4 Å². The van der Waals surface area contributed by atoms with E-state index >= 15 is 0 Å². The lowest BCUT2D eigenvalue weighted by molar-refractivity contribution is -0.124. The Labute approximate surface area is 251 Å². The molecule has 0 bridgehead atoms. The van der Waals surface area contributed by atoms with Gasteiger partial charge in [-0.25, -0.2) is 0 Å². The number of nitrogens with zero attached hydrogens (tertiary/aromatic N) is 4. The first-order valence-electron chi connectivity index (χ1n) is 13.8. The number of anilines is 3. The van der Waals surface area contributed by atoms with Gasteiger partial charge in [-0.3, -0.25) is 19.4 Å². The van der Waals surface area contributed by atoms with Crippen LogP contribution in [-0.4, -0.2) is 79.1 Å². The molecule has 3 aromatic carbocycles. The first kappa shape index (κ1) is 28.9. The van der Waals surface area contributed by atoms with Crippen molar-refractivity contribution in [1.82, 2.24) is 9.80 Å². The van der Waals surface area contributed by atoms with Crippen molar-refractivity contribution in [2.75, 3.05) is 61.5 Å². The molecule has 0 spiro atoms. The van der Waals surface area contributed by atoms with Crippen molar-refractivity contribution in [3.63, 3.8) is 0 Å². The summed E-state index contributed by atoms with van der Waals surface area (Å²) in [5, 5.41) is 3.81. The van der Waals surface area contributed by atoms with Crippen LogP contribution in [-0.2, 0) is 9.59 Å². The van der Waals surface area contributed by atoms with Crippen LogP contribution >= 0.6 is 23.8 Å². The van der Waals surface area contributed by atoms with E-state index in [9.17, 15) is 9.59 Å². The summed E-state index contributed by atoms with van der Waals surface area (Å²) in [6.45, 7) is 5.35. The van der Waals surface area contributed by atoms with Gasteiger partial charge < -0.3 is 19.9 Å². The van der Waals surface area contributed by atoms with E-state index in [1.54, 1.807) is 55.6 Å². The van der Waals surface area contributed by atoms with E-state index < -0.39 is 6.04 Å². The Morgan fingerprint density at radius 2 is 1.66 bits per heavy atom. The van der Waals surface area contributed by atoms with E-state index in [2.05, 4.69) is 39.4 Å². The second-order valence-electron chi connectivity index (χ2n) is 10.1. The number of para-hydroxylation sites is 1. The smallest absolute Gasteiger partial charge is 0.256 e. The number of nitrogens with one attached hydrogen (secondary N) is 1. The molecular weight excluding hydrogens is 558 g/mol. The van der Waals surface area contributed by atoms with E-state index in [1.807, 2.05) is 11.0 Å². The van der Waals surface area contributed by atoms with Crippen molar-refractivity contribution in [3.8, 4) is 5.75 Å². The van der Waals surface area contributed by atoms with Crippen LogP contribution < -0.4 is 19.9 Å². The normalized spacial score (nSPS) is 17.7. The summed E-state index contributed by atoms with van der Waals surface area (Å²) in [6.07, 6.45) is 0.802. The molecule has 41 heavy (non-hydrogen) atoms. The number of hydrogen-bond acceptors (Lipinski definition) is 6.